The smallest absolute Gasteiger partial charge is 0.163 e. The molecule has 0 N–H and O–H groups in total. The fraction of sp³-hybridized carbons (Fsp3) is 0.500. The summed E-state index contributed by atoms with van der Waals surface area (Å²) in [4.78, 5) is 11.8. The number of allylic oxidation sites excluding steroid dienone is 4. The minimum absolute atomic E-state index is 0.337. The molecule has 0 amide bonds. The van der Waals surface area contributed by atoms with E-state index >= 15 is 0 Å². The number of hydrogen-bond donors (Lipinski definition) is 0. The molecule has 1 unspecified atom stereocenters. The van der Waals surface area contributed by atoms with Crippen LogP contribution in [0.1, 0.15) is 26.2 Å². The molecule has 0 saturated carbocycles. The highest BCUT2D eigenvalue weighted by Gasteiger charge is 2.27. The van der Waals surface area contributed by atoms with E-state index in [0.717, 1.165) is 24.8 Å². The van der Waals surface area contributed by atoms with Crippen LogP contribution in [0.15, 0.2) is 22.8 Å². The van der Waals surface area contributed by atoms with Crippen LogP contribution in [0.25, 0.3) is 0 Å². The van der Waals surface area contributed by atoms with Crippen LogP contribution >= 0.6 is 15.9 Å². The molecule has 2 rings (SSSR count). The van der Waals surface area contributed by atoms with Gasteiger partial charge in [-0.05, 0) is 19.8 Å². The molecule has 0 aromatic rings. The van der Waals surface area contributed by atoms with E-state index in [1.54, 1.807) is 0 Å². The van der Waals surface area contributed by atoms with Crippen LogP contribution in [0.4, 0.5) is 0 Å². The van der Waals surface area contributed by atoms with Crippen LogP contribution in [0, 0.1) is 0 Å². The van der Waals surface area contributed by atoms with Crippen molar-refractivity contribution in [1.82, 2.24) is 0 Å². The van der Waals surface area contributed by atoms with E-state index in [1.165, 1.54) is 11.1 Å². The number of rotatable bonds is 0. The van der Waals surface area contributed by atoms with Gasteiger partial charge in [0.1, 0.15) is 0 Å². The molecule has 0 aromatic heterocycles. The van der Waals surface area contributed by atoms with Gasteiger partial charge in [0.05, 0.1) is 0 Å². The zero-order chi connectivity index (χ0) is 8.72. The molecule has 1 atom stereocenters. The van der Waals surface area contributed by atoms with Crippen LogP contribution in [0.5, 0.6) is 0 Å². The van der Waals surface area contributed by atoms with E-state index in [2.05, 4.69) is 22.9 Å². The average molecular weight is 227 g/mol. The van der Waals surface area contributed by atoms with E-state index in [1.807, 2.05) is 6.08 Å². The van der Waals surface area contributed by atoms with Gasteiger partial charge >= 0.3 is 0 Å². The third-order valence-corrected chi connectivity index (χ3v) is 3.67. The maximum Gasteiger partial charge on any atom is 0.163 e. The zero-order valence-electron chi connectivity index (χ0n) is 7.06. The summed E-state index contributed by atoms with van der Waals surface area (Å²) in [7, 11) is 0. The summed E-state index contributed by atoms with van der Waals surface area (Å²) in [5.74, 6) is 0.337. The standard InChI is InChI=1S/C10H11BrO/c1-6-4-8-7(5-9(6)11)2-3-10(8)12/h4,9H,2-3,5H2,1H3. The van der Waals surface area contributed by atoms with E-state index in [4.69, 9.17) is 0 Å². The first-order valence-electron chi connectivity index (χ1n) is 4.26. The quantitative estimate of drug-likeness (QED) is 0.581. The van der Waals surface area contributed by atoms with Crippen molar-refractivity contribution in [3.05, 3.63) is 22.8 Å². The lowest BCUT2D eigenvalue weighted by molar-refractivity contribution is -0.114. The van der Waals surface area contributed by atoms with Crippen molar-refractivity contribution >= 4 is 21.7 Å². The minimum Gasteiger partial charge on any atom is -0.294 e. The number of hydrogen-bond acceptors (Lipinski definition) is 1. The van der Waals surface area contributed by atoms with Gasteiger partial charge < -0.3 is 0 Å². The maximum atomic E-state index is 11.3. The predicted octanol–water partition coefficient (Wildman–Crippen LogP) is 2.76. The zero-order valence-corrected chi connectivity index (χ0v) is 8.65. The molecule has 2 aliphatic rings. The highest BCUT2D eigenvalue weighted by atomic mass is 79.9. The normalized spacial score (nSPS) is 29.0. The van der Waals surface area contributed by atoms with Gasteiger partial charge in [-0.1, -0.05) is 33.2 Å². The van der Waals surface area contributed by atoms with E-state index in [0.29, 0.717) is 10.6 Å². The summed E-state index contributed by atoms with van der Waals surface area (Å²) in [5, 5.41) is 0. The predicted molar refractivity (Wildman–Crippen MR) is 52.4 cm³/mol. The average Bonchev–Trinajstić information content (AvgIpc) is 2.35. The Balaban J connectivity index is 2.38. The van der Waals surface area contributed by atoms with Crippen LogP contribution < -0.4 is 0 Å². The van der Waals surface area contributed by atoms with Crippen molar-refractivity contribution in [2.24, 2.45) is 0 Å². The Kier molecular flexibility index (Phi) is 1.95. The Morgan fingerprint density at radius 3 is 3.00 bits per heavy atom. The second kappa shape index (κ2) is 2.84. The molecular formula is C10H11BrO. The summed E-state index contributed by atoms with van der Waals surface area (Å²) >= 11 is 3.60. The molecule has 0 aromatic carbocycles. The monoisotopic (exact) mass is 226 g/mol. The van der Waals surface area contributed by atoms with Crippen molar-refractivity contribution in [3.63, 3.8) is 0 Å². The molecule has 2 heteroatoms. The summed E-state index contributed by atoms with van der Waals surface area (Å²) in [6, 6.07) is 0. The second-order valence-corrected chi connectivity index (χ2v) is 4.61. The fourth-order valence-electron chi connectivity index (χ4n) is 1.82. The van der Waals surface area contributed by atoms with Gasteiger partial charge in [-0.25, -0.2) is 0 Å². The number of halogens is 1. The van der Waals surface area contributed by atoms with Gasteiger partial charge in [-0.3, -0.25) is 4.79 Å². The topological polar surface area (TPSA) is 17.1 Å². The van der Waals surface area contributed by atoms with Crippen LogP contribution in [0.3, 0.4) is 0 Å². The molecule has 0 aliphatic heterocycles. The molecule has 2 aliphatic carbocycles. The number of Topliss-reactive ketones (excluding diaryl/α,β-unsaturated/α-hetero) is 1. The minimum atomic E-state index is 0.337. The lowest BCUT2D eigenvalue weighted by Crippen LogP contribution is -2.08. The molecule has 0 radical (unpaired) electrons. The number of carbonyl (C=O) groups is 1. The van der Waals surface area contributed by atoms with Crippen molar-refractivity contribution in [1.29, 1.82) is 0 Å². The summed E-state index contributed by atoms with van der Waals surface area (Å²) in [6.45, 7) is 2.08. The first-order chi connectivity index (χ1) is 5.68. The van der Waals surface area contributed by atoms with E-state index < -0.39 is 0 Å². The van der Waals surface area contributed by atoms with Crippen LogP contribution in [0.2, 0.25) is 0 Å². The lowest BCUT2D eigenvalue weighted by Gasteiger charge is -2.17. The van der Waals surface area contributed by atoms with Gasteiger partial charge in [0.15, 0.2) is 5.78 Å². The Hall–Kier alpha value is -0.370. The number of ketones is 1. The molecule has 0 spiro atoms. The first kappa shape index (κ1) is 8.24. The Bertz CT molecular complexity index is 299. The van der Waals surface area contributed by atoms with Gasteiger partial charge in [-0.15, -0.1) is 0 Å². The number of carbonyl (C=O) groups excluding carboxylic acids is 1. The molecule has 0 heterocycles. The molecule has 64 valence electrons. The molecule has 0 bridgehead atoms. The highest BCUT2D eigenvalue weighted by Crippen LogP contribution is 2.36. The van der Waals surface area contributed by atoms with Gasteiger partial charge in [0.2, 0.25) is 0 Å². The first-order valence-corrected chi connectivity index (χ1v) is 5.17. The van der Waals surface area contributed by atoms with Gasteiger partial charge in [-0.2, -0.15) is 0 Å². The Labute approximate surface area is 80.7 Å². The SMILES string of the molecule is CC1=CC2=C(CCC2=O)CC1Br. The van der Waals surface area contributed by atoms with Gasteiger partial charge in [0.25, 0.3) is 0 Å². The van der Waals surface area contributed by atoms with Crippen molar-refractivity contribution < 1.29 is 4.79 Å². The molecule has 1 nitrogen and oxygen atoms in total. The summed E-state index contributed by atoms with van der Waals surface area (Å²) in [6.07, 6.45) is 4.80. The third kappa shape index (κ3) is 1.18. The second-order valence-electron chi connectivity index (χ2n) is 3.50. The fourth-order valence-corrected chi connectivity index (χ4v) is 2.34. The van der Waals surface area contributed by atoms with E-state index in [9.17, 15) is 4.79 Å². The van der Waals surface area contributed by atoms with E-state index in [-0.39, 0.29) is 0 Å². The molecule has 0 saturated heterocycles. The Morgan fingerprint density at radius 2 is 2.25 bits per heavy atom. The Morgan fingerprint density at radius 1 is 1.50 bits per heavy atom. The summed E-state index contributed by atoms with van der Waals surface area (Å²) in [5.41, 5.74) is 3.64. The largest absolute Gasteiger partial charge is 0.294 e. The van der Waals surface area contributed by atoms with Crippen molar-refractivity contribution in [2.45, 2.75) is 31.0 Å². The lowest BCUT2D eigenvalue weighted by atomic mass is 9.95. The van der Waals surface area contributed by atoms with Crippen molar-refractivity contribution in [3.8, 4) is 0 Å². The van der Waals surface area contributed by atoms with Gasteiger partial charge in [0, 0.05) is 16.8 Å². The molecular weight excluding hydrogens is 216 g/mol. The van der Waals surface area contributed by atoms with Crippen molar-refractivity contribution in [2.75, 3.05) is 0 Å². The van der Waals surface area contributed by atoms with Crippen LogP contribution in [-0.2, 0) is 4.79 Å². The third-order valence-electron chi connectivity index (χ3n) is 2.63. The molecule has 12 heavy (non-hydrogen) atoms. The summed E-state index contributed by atoms with van der Waals surface area (Å²) < 4.78 is 0. The van der Waals surface area contributed by atoms with Crippen LogP contribution in [-0.4, -0.2) is 10.6 Å². The highest BCUT2D eigenvalue weighted by molar-refractivity contribution is 9.09. The molecule has 0 fully saturated rings. The number of alkyl halides is 1. The maximum absolute atomic E-state index is 11.3.